The molecule has 0 saturated heterocycles. The quantitative estimate of drug-likeness (QED) is 0.724. The van der Waals surface area contributed by atoms with Crippen LogP contribution in [0, 0.1) is 6.92 Å². The molecule has 0 aliphatic carbocycles. The van der Waals surface area contributed by atoms with Gasteiger partial charge < -0.3 is 4.89 Å². The summed E-state index contributed by atoms with van der Waals surface area (Å²) < 4.78 is 0. The van der Waals surface area contributed by atoms with Crippen LogP contribution >= 0.6 is 8.81 Å². The largest absolute Gasteiger partial charge is 0.372 e. The molecule has 0 radical (unpaired) electrons. The molecule has 1 aromatic carbocycles. The van der Waals surface area contributed by atoms with Crippen molar-refractivity contribution in [2.24, 2.45) is 0 Å². The van der Waals surface area contributed by atoms with Gasteiger partial charge in [-0.3, -0.25) is 0 Å². The summed E-state index contributed by atoms with van der Waals surface area (Å²) in [6.45, 7) is 6.39. The Morgan fingerprint density at radius 1 is 1.08 bits per heavy atom. The molecule has 74 valence electrons. The molecule has 0 spiro atoms. The molecule has 0 bridgehead atoms. The predicted octanol–water partition coefficient (Wildman–Crippen LogP) is 3.01. The van der Waals surface area contributed by atoms with Crippen LogP contribution in [0.15, 0.2) is 24.3 Å². The zero-order valence-electron chi connectivity index (χ0n) is 8.67. The summed E-state index contributed by atoms with van der Waals surface area (Å²) in [5.74, 6) is 0. The van der Waals surface area contributed by atoms with Crippen molar-refractivity contribution in [2.75, 3.05) is 0 Å². The Morgan fingerprint density at radius 2 is 1.54 bits per heavy atom. The van der Waals surface area contributed by atoms with Gasteiger partial charge in [-0.25, -0.2) is 0 Å². The normalized spacial score (nSPS) is 9.85. The van der Waals surface area contributed by atoms with Crippen LogP contribution in [0.25, 0.3) is 0 Å². The van der Waals surface area contributed by atoms with Crippen LogP contribution in [0.4, 0.5) is 0 Å². The molecule has 1 rings (SSSR count). The van der Waals surface area contributed by atoms with Gasteiger partial charge in [0.15, 0.2) is 0 Å². The van der Waals surface area contributed by atoms with Gasteiger partial charge in [-0.1, -0.05) is 56.5 Å². The zero-order valence-corrected chi connectivity index (χ0v) is 9.67. The first kappa shape index (κ1) is 12.6. The molecule has 13 heavy (non-hydrogen) atoms. The molecule has 1 aromatic rings. The Balaban J connectivity index is 0.000000310. The number of benzene rings is 1. The number of rotatable bonds is 2. The molecule has 0 fully saturated rings. The number of aryl methyl sites for hydroxylation is 1. The van der Waals surface area contributed by atoms with Crippen molar-refractivity contribution in [3.8, 4) is 0 Å². The molecular formula is C11H19OP. The number of unbranched alkanes of at least 4 members (excludes halogenated alkanes) is 1. The molecule has 0 heterocycles. The molecule has 1 unspecified atom stereocenters. The summed E-state index contributed by atoms with van der Waals surface area (Å²) in [6, 6.07) is 7.87. The van der Waals surface area contributed by atoms with Crippen LogP contribution < -0.4 is 5.30 Å². The van der Waals surface area contributed by atoms with Crippen LogP contribution in [0.2, 0.25) is 0 Å². The van der Waals surface area contributed by atoms with E-state index in [0.717, 1.165) is 5.30 Å². The van der Waals surface area contributed by atoms with Crippen molar-refractivity contribution >= 4 is 14.1 Å². The molecule has 1 nitrogen and oxygen atoms in total. The van der Waals surface area contributed by atoms with Gasteiger partial charge >= 0.3 is 0 Å². The highest BCUT2D eigenvalue weighted by molar-refractivity contribution is 7.40. The second-order valence-electron chi connectivity index (χ2n) is 2.98. The fourth-order valence-corrected chi connectivity index (χ4v) is 0.944. The van der Waals surface area contributed by atoms with Crippen LogP contribution in [0.1, 0.15) is 32.3 Å². The third-order valence-corrected chi connectivity index (χ3v) is 2.27. The monoisotopic (exact) mass is 198 g/mol. The van der Waals surface area contributed by atoms with Crippen molar-refractivity contribution in [3.05, 3.63) is 29.8 Å². The number of hydrogen-bond donors (Lipinski definition) is 1. The van der Waals surface area contributed by atoms with Gasteiger partial charge in [0.1, 0.15) is 0 Å². The standard InChI is InChI=1S/C7H9OP.C4H10/c1-6-2-4-7(9-8)5-3-6;1-3-4-2/h2-5,8-9H,1H3;3-4H2,1-2H3. The summed E-state index contributed by atoms with van der Waals surface area (Å²) in [7, 11) is -0.0736. The Kier molecular flexibility index (Phi) is 7.97. The van der Waals surface area contributed by atoms with E-state index in [4.69, 9.17) is 4.89 Å². The maximum absolute atomic E-state index is 8.66. The molecule has 0 aliphatic heterocycles. The third kappa shape index (κ3) is 6.74. The van der Waals surface area contributed by atoms with Gasteiger partial charge in [0.25, 0.3) is 0 Å². The molecule has 0 aliphatic rings. The van der Waals surface area contributed by atoms with Crippen LogP contribution in [0.5, 0.6) is 0 Å². The van der Waals surface area contributed by atoms with E-state index in [2.05, 4.69) is 13.8 Å². The lowest BCUT2D eigenvalue weighted by molar-refractivity contribution is 0.655. The summed E-state index contributed by atoms with van der Waals surface area (Å²) >= 11 is 0. The summed E-state index contributed by atoms with van der Waals surface area (Å²) in [4.78, 5) is 8.66. The smallest absolute Gasteiger partial charge is 0.0420 e. The summed E-state index contributed by atoms with van der Waals surface area (Å²) in [5.41, 5.74) is 1.23. The first-order valence-electron chi connectivity index (χ1n) is 4.71. The zero-order chi connectivity index (χ0) is 10.1. The van der Waals surface area contributed by atoms with Crippen molar-refractivity contribution in [2.45, 2.75) is 33.6 Å². The molecule has 2 heteroatoms. The molecule has 0 aromatic heterocycles. The topological polar surface area (TPSA) is 20.2 Å². The van der Waals surface area contributed by atoms with Crippen LogP contribution in [-0.4, -0.2) is 4.89 Å². The first-order valence-corrected chi connectivity index (χ1v) is 5.66. The molecule has 0 amide bonds. The van der Waals surface area contributed by atoms with E-state index in [0.29, 0.717) is 0 Å². The van der Waals surface area contributed by atoms with E-state index in [1.165, 1.54) is 18.4 Å². The highest BCUT2D eigenvalue weighted by Crippen LogP contribution is 2.03. The Morgan fingerprint density at radius 3 is 1.85 bits per heavy atom. The summed E-state index contributed by atoms with van der Waals surface area (Å²) in [5, 5.41) is 1.00. The van der Waals surface area contributed by atoms with Crippen molar-refractivity contribution in [1.82, 2.24) is 0 Å². The Bertz CT molecular complexity index is 204. The minimum Gasteiger partial charge on any atom is -0.372 e. The van der Waals surface area contributed by atoms with Crippen molar-refractivity contribution in [1.29, 1.82) is 0 Å². The fourth-order valence-electron chi connectivity index (χ4n) is 0.628. The van der Waals surface area contributed by atoms with Crippen molar-refractivity contribution in [3.63, 3.8) is 0 Å². The minimum absolute atomic E-state index is 0.0736. The summed E-state index contributed by atoms with van der Waals surface area (Å²) in [6.07, 6.45) is 2.64. The Labute approximate surface area is 83.1 Å². The first-order chi connectivity index (χ1) is 6.24. The van der Waals surface area contributed by atoms with Gasteiger partial charge in [-0.15, -0.1) is 0 Å². The van der Waals surface area contributed by atoms with E-state index in [9.17, 15) is 0 Å². The molecule has 0 saturated carbocycles. The number of hydrogen-bond acceptors (Lipinski definition) is 1. The lowest BCUT2D eigenvalue weighted by Crippen LogP contribution is -1.90. The second kappa shape index (κ2) is 8.22. The average molecular weight is 198 g/mol. The van der Waals surface area contributed by atoms with E-state index < -0.39 is 0 Å². The SMILES string of the molecule is CCCC.Cc1ccc(PO)cc1. The molecular weight excluding hydrogens is 179 g/mol. The van der Waals surface area contributed by atoms with E-state index in [1.54, 1.807) is 0 Å². The average Bonchev–Trinajstić information content (AvgIpc) is 2.19. The van der Waals surface area contributed by atoms with Crippen molar-refractivity contribution < 1.29 is 4.89 Å². The van der Waals surface area contributed by atoms with Gasteiger partial charge in [0.2, 0.25) is 0 Å². The van der Waals surface area contributed by atoms with Gasteiger partial charge in [0.05, 0.1) is 0 Å². The predicted molar refractivity (Wildman–Crippen MR) is 61.9 cm³/mol. The molecule has 1 N–H and O–H groups in total. The van der Waals surface area contributed by atoms with Crippen LogP contribution in [0.3, 0.4) is 0 Å². The minimum atomic E-state index is -0.0736. The second-order valence-corrected chi connectivity index (χ2v) is 3.78. The van der Waals surface area contributed by atoms with Crippen LogP contribution in [-0.2, 0) is 0 Å². The van der Waals surface area contributed by atoms with Gasteiger partial charge in [-0.05, 0) is 12.2 Å². The van der Waals surface area contributed by atoms with Gasteiger partial charge in [0, 0.05) is 8.81 Å². The fraction of sp³-hybridized carbons (Fsp3) is 0.455. The Hall–Kier alpha value is -0.390. The van der Waals surface area contributed by atoms with Gasteiger partial charge in [-0.2, -0.15) is 0 Å². The lowest BCUT2D eigenvalue weighted by atomic mass is 10.2. The molecule has 1 atom stereocenters. The third-order valence-electron chi connectivity index (χ3n) is 1.68. The maximum Gasteiger partial charge on any atom is 0.0420 e. The van der Waals surface area contributed by atoms with E-state index >= 15 is 0 Å². The van der Waals surface area contributed by atoms with E-state index in [-0.39, 0.29) is 8.81 Å². The highest BCUT2D eigenvalue weighted by Gasteiger charge is 1.86. The maximum atomic E-state index is 8.66. The highest BCUT2D eigenvalue weighted by atomic mass is 31.1. The van der Waals surface area contributed by atoms with E-state index in [1.807, 2.05) is 31.2 Å². The lowest BCUT2D eigenvalue weighted by Gasteiger charge is -1.93.